The topological polar surface area (TPSA) is 43.1 Å². The average molecular weight is 326 g/mol. The Kier molecular flexibility index (Phi) is 3.74. The van der Waals surface area contributed by atoms with Crippen molar-refractivity contribution in [2.24, 2.45) is 0 Å². The molecule has 0 spiro atoms. The Morgan fingerprint density at radius 1 is 1.17 bits per heavy atom. The largest absolute Gasteiger partial charge is 0.345 e. The van der Waals surface area contributed by atoms with Crippen molar-refractivity contribution >= 4 is 5.91 Å². The lowest BCUT2D eigenvalue weighted by atomic mass is 10.0. The summed E-state index contributed by atoms with van der Waals surface area (Å²) in [6.07, 6.45) is 8.59. The fraction of sp³-hybridized carbons (Fsp3) is 0.579. The number of hydrogen-bond donors (Lipinski definition) is 0. The Bertz CT molecular complexity index is 768. The Labute approximate surface area is 143 Å². The standard InChI is InChI=1S/C19H26N4O/c1-13-10-20-22(11-13)17-5-4-8-21(12-17)19(24)18-9-14(2)23(15(18)3)16-6-7-16/h9-11,16-17H,4-8,12H2,1-3H3/t17-/m1/s1. The molecule has 1 atom stereocenters. The van der Waals surface area contributed by atoms with Crippen LogP contribution in [0.2, 0.25) is 0 Å². The molecule has 24 heavy (non-hydrogen) atoms. The summed E-state index contributed by atoms with van der Waals surface area (Å²) < 4.78 is 4.38. The molecule has 3 heterocycles. The lowest BCUT2D eigenvalue weighted by molar-refractivity contribution is 0.0672. The van der Waals surface area contributed by atoms with Crippen LogP contribution in [0.5, 0.6) is 0 Å². The summed E-state index contributed by atoms with van der Waals surface area (Å²) in [7, 11) is 0. The van der Waals surface area contributed by atoms with E-state index in [0.29, 0.717) is 12.1 Å². The highest BCUT2D eigenvalue weighted by molar-refractivity contribution is 5.95. The van der Waals surface area contributed by atoms with Gasteiger partial charge in [0, 0.05) is 36.7 Å². The van der Waals surface area contributed by atoms with Crippen molar-refractivity contribution in [2.45, 2.75) is 58.5 Å². The molecular formula is C19H26N4O. The lowest BCUT2D eigenvalue weighted by Crippen LogP contribution is -2.41. The van der Waals surface area contributed by atoms with Crippen LogP contribution in [-0.2, 0) is 0 Å². The highest BCUT2D eigenvalue weighted by atomic mass is 16.2. The lowest BCUT2D eigenvalue weighted by Gasteiger charge is -2.33. The monoisotopic (exact) mass is 326 g/mol. The number of likely N-dealkylation sites (tertiary alicyclic amines) is 1. The summed E-state index contributed by atoms with van der Waals surface area (Å²) >= 11 is 0. The third-order valence-corrected chi connectivity index (χ3v) is 5.42. The molecule has 5 nitrogen and oxygen atoms in total. The zero-order valence-electron chi connectivity index (χ0n) is 14.8. The first kappa shape index (κ1) is 15.5. The van der Waals surface area contributed by atoms with Crippen LogP contribution in [0.4, 0.5) is 0 Å². The van der Waals surface area contributed by atoms with E-state index in [1.807, 2.05) is 15.8 Å². The van der Waals surface area contributed by atoms with Crippen LogP contribution in [-0.4, -0.2) is 38.2 Å². The molecule has 1 amide bonds. The van der Waals surface area contributed by atoms with E-state index in [1.165, 1.54) is 24.1 Å². The van der Waals surface area contributed by atoms with Crippen LogP contribution in [0.25, 0.3) is 0 Å². The number of nitrogens with zero attached hydrogens (tertiary/aromatic N) is 4. The normalized spacial score (nSPS) is 21.3. The molecule has 1 saturated heterocycles. The molecule has 0 N–H and O–H groups in total. The molecule has 1 saturated carbocycles. The van der Waals surface area contributed by atoms with Crippen molar-refractivity contribution in [2.75, 3.05) is 13.1 Å². The van der Waals surface area contributed by atoms with Crippen LogP contribution in [0.3, 0.4) is 0 Å². The van der Waals surface area contributed by atoms with E-state index in [4.69, 9.17) is 0 Å². The summed E-state index contributed by atoms with van der Waals surface area (Å²) in [5.74, 6) is 0.184. The van der Waals surface area contributed by atoms with Crippen LogP contribution >= 0.6 is 0 Å². The predicted molar refractivity (Wildman–Crippen MR) is 93.3 cm³/mol. The number of rotatable bonds is 3. The molecule has 0 bridgehead atoms. The maximum atomic E-state index is 13.1. The highest BCUT2D eigenvalue weighted by Crippen LogP contribution is 2.38. The van der Waals surface area contributed by atoms with Crippen molar-refractivity contribution < 1.29 is 4.79 Å². The summed E-state index contributed by atoms with van der Waals surface area (Å²) in [4.78, 5) is 15.1. The first-order chi connectivity index (χ1) is 11.5. The van der Waals surface area contributed by atoms with Crippen molar-refractivity contribution in [1.29, 1.82) is 0 Å². The van der Waals surface area contributed by atoms with Gasteiger partial charge < -0.3 is 9.47 Å². The van der Waals surface area contributed by atoms with Gasteiger partial charge in [-0.3, -0.25) is 9.48 Å². The zero-order valence-corrected chi connectivity index (χ0v) is 14.8. The van der Waals surface area contributed by atoms with Gasteiger partial charge in [-0.25, -0.2) is 0 Å². The van der Waals surface area contributed by atoms with Gasteiger partial charge in [-0.2, -0.15) is 5.10 Å². The second kappa shape index (κ2) is 5.80. The first-order valence-electron chi connectivity index (χ1n) is 9.03. The fourth-order valence-corrected chi connectivity index (χ4v) is 4.05. The number of hydrogen-bond acceptors (Lipinski definition) is 2. The molecule has 4 rings (SSSR count). The first-order valence-corrected chi connectivity index (χ1v) is 9.03. The van der Waals surface area contributed by atoms with Crippen molar-refractivity contribution in [3.05, 3.63) is 41.0 Å². The van der Waals surface area contributed by atoms with Crippen molar-refractivity contribution in [3.63, 3.8) is 0 Å². The smallest absolute Gasteiger partial charge is 0.255 e. The minimum absolute atomic E-state index is 0.184. The van der Waals surface area contributed by atoms with Gasteiger partial charge in [-0.05, 0) is 58.1 Å². The summed E-state index contributed by atoms with van der Waals surface area (Å²) in [5.41, 5.74) is 4.41. The second-order valence-corrected chi connectivity index (χ2v) is 7.43. The molecule has 5 heteroatoms. The van der Waals surface area contributed by atoms with E-state index in [1.54, 1.807) is 0 Å². The Morgan fingerprint density at radius 2 is 1.96 bits per heavy atom. The quantitative estimate of drug-likeness (QED) is 0.867. The van der Waals surface area contributed by atoms with Gasteiger partial charge in [0.25, 0.3) is 5.91 Å². The van der Waals surface area contributed by atoms with Crippen LogP contribution in [0.1, 0.15) is 65.1 Å². The third-order valence-electron chi connectivity index (χ3n) is 5.42. The summed E-state index contributed by atoms with van der Waals surface area (Å²) in [6.45, 7) is 7.88. The average Bonchev–Trinajstić information content (AvgIpc) is 3.24. The van der Waals surface area contributed by atoms with Crippen LogP contribution < -0.4 is 0 Å². The zero-order chi connectivity index (χ0) is 16.8. The Morgan fingerprint density at radius 3 is 2.62 bits per heavy atom. The van der Waals surface area contributed by atoms with Gasteiger partial charge in [0.05, 0.1) is 17.8 Å². The minimum Gasteiger partial charge on any atom is -0.345 e. The molecule has 1 aliphatic carbocycles. The van der Waals surface area contributed by atoms with E-state index >= 15 is 0 Å². The number of carbonyl (C=O) groups excluding carboxylic acids is 1. The van der Waals surface area contributed by atoms with Gasteiger partial charge in [-0.15, -0.1) is 0 Å². The van der Waals surface area contributed by atoms with E-state index < -0.39 is 0 Å². The van der Waals surface area contributed by atoms with Gasteiger partial charge >= 0.3 is 0 Å². The molecule has 2 aromatic heterocycles. The molecule has 0 aromatic carbocycles. The number of carbonyl (C=O) groups is 1. The van der Waals surface area contributed by atoms with Gasteiger partial charge in [0.2, 0.25) is 0 Å². The van der Waals surface area contributed by atoms with E-state index in [2.05, 4.69) is 42.7 Å². The molecule has 1 aliphatic heterocycles. The minimum atomic E-state index is 0.184. The number of aromatic nitrogens is 3. The van der Waals surface area contributed by atoms with Gasteiger partial charge in [0.1, 0.15) is 0 Å². The molecule has 2 aromatic rings. The van der Waals surface area contributed by atoms with Crippen molar-refractivity contribution in [3.8, 4) is 0 Å². The Balaban J connectivity index is 1.55. The fourth-order valence-electron chi connectivity index (χ4n) is 4.05. The molecule has 128 valence electrons. The summed E-state index contributed by atoms with van der Waals surface area (Å²) in [6, 6.07) is 2.99. The molecule has 2 fully saturated rings. The number of amides is 1. The maximum absolute atomic E-state index is 13.1. The number of piperidine rings is 1. The number of aryl methyl sites for hydroxylation is 2. The molecule has 0 radical (unpaired) electrons. The van der Waals surface area contributed by atoms with E-state index in [9.17, 15) is 4.79 Å². The SMILES string of the molecule is Cc1cnn([C@@H]2CCCN(C(=O)c3cc(C)n(C4CC4)c3C)C2)c1. The molecular weight excluding hydrogens is 300 g/mol. The summed E-state index contributed by atoms with van der Waals surface area (Å²) in [5, 5.41) is 4.45. The van der Waals surface area contributed by atoms with Crippen LogP contribution in [0.15, 0.2) is 18.5 Å². The highest BCUT2D eigenvalue weighted by Gasteiger charge is 2.31. The van der Waals surface area contributed by atoms with Crippen LogP contribution in [0, 0.1) is 20.8 Å². The van der Waals surface area contributed by atoms with Crippen molar-refractivity contribution in [1.82, 2.24) is 19.2 Å². The van der Waals surface area contributed by atoms with E-state index in [-0.39, 0.29) is 5.91 Å². The predicted octanol–water partition coefficient (Wildman–Crippen LogP) is 3.42. The molecule has 0 unspecified atom stereocenters. The third kappa shape index (κ3) is 2.66. The molecule has 2 aliphatic rings. The maximum Gasteiger partial charge on any atom is 0.255 e. The van der Waals surface area contributed by atoms with Gasteiger partial charge in [0.15, 0.2) is 0 Å². The second-order valence-electron chi connectivity index (χ2n) is 7.43. The van der Waals surface area contributed by atoms with E-state index in [0.717, 1.165) is 37.2 Å². The Hall–Kier alpha value is -2.04. The van der Waals surface area contributed by atoms with Gasteiger partial charge in [-0.1, -0.05) is 0 Å².